The van der Waals surface area contributed by atoms with E-state index in [0.29, 0.717) is 5.02 Å². The number of rotatable bonds is 2. The van der Waals surface area contributed by atoms with Crippen molar-refractivity contribution in [1.29, 1.82) is 0 Å². The summed E-state index contributed by atoms with van der Waals surface area (Å²) in [6, 6.07) is 7.53. The fraction of sp³-hybridized carbons (Fsp3) is 0.588. The third-order valence-electron chi connectivity index (χ3n) is 5.64. The minimum absolute atomic E-state index is 0.103. The Labute approximate surface area is 124 Å². The van der Waals surface area contributed by atoms with Gasteiger partial charge in [0.25, 0.3) is 0 Å². The van der Waals surface area contributed by atoms with Gasteiger partial charge in [-0.2, -0.15) is 0 Å². The Bertz CT molecular complexity index is 518. The van der Waals surface area contributed by atoms with Crippen LogP contribution in [0.5, 0.6) is 0 Å². The van der Waals surface area contributed by atoms with E-state index in [1.807, 2.05) is 24.3 Å². The molecule has 4 saturated carbocycles. The first-order valence-corrected chi connectivity index (χ1v) is 8.08. The zero-order valence-electron chi connectivity index (χ0n) is 11.6. The van der Waals surface area contributed by atoms with Gasteiger partial charge in [-0.25, -0.2) is 0 Å². The molecule has 1 amide bonds. The minimum atomic E-state index is -0.103. The predicted molar refractivity (Wildman–Crippen MR) is 80.7 cm³/mol. The number of para-hydroxylation sites is 1. The van der Waals surface area contributed by atoms with Crippen molar-refractivity contribution in [2.24, 2.45) is 23.2 Å². The van der Waals surface area contributed by atoms with Gasteiger partial charge < -0.3 is 5.32 Å². The largest absolute Gasteiger partial charge is 0.324 e. The van der Waals surface area contributed by atoms with Crippen LogP contribution in [0, 0.1) is 23.2 Å². The Morgan fingerprint density at radius 1 is 1.05 bits per heavy atom. The second kappa shape index (κ2) is 4.49. The molecule has 0 aliphatic heterocycles. The second-order valence-electron chi connectivity index (χ2n) is 7.13. The summed E-state index contributed by atoms with van der Waals surface area (Å²) >= 11 is 6.16. The summed E-state index contributed by atoms with van der Waals surface area (Å²) in [6.07, 6.45) is 7.36. The molecule has 1 aromatic rings. The molecule has 0 spiro atoms. The van der Waals surface area contributed by atoms with Crippen molar-refractivity contribution in [1.82, 2.24) is 0 Å². The van der Waals surface area contributed by atoms with Crippen LogP contribution in [-0.4, -0.2) is 5.91 Å². The number of amides is 1. The lowest BCUT2D eigenvalue weighted by molar-refractivity contribution is -0.140. The lowest BCUT2D eigenvalue weighted by Gasteiger charge is -2.55. The maximum atomic E-state index is 12.8. The lowest BCUT2D eigenvalue weighted by atomic mass is 9.49. The van der Waals surface area contributed by atoms with Crippen LogP contribution in [0.15, 0.2) is 24.3 Å². The third-order valence-corrected chi connectivity index (χ3v) is 5.97. The molecule has 0 saturated heterocycles. The summed E-state index contributed by atoms with van der Waals surface area (Å²) in [5, 5.41) is 3.73. The van der Waals surface area contributed by atoms with Crippen LogP contribution in [0.3, 0.4) is 0 Å². The minimum Gasteiger partial charge on any atom is -0.324 e. The van der Waals surface area contributed by atoms with Crippen molar-refractivity contribution in [2.45, 2.75) is 38.5 Å². The zero-order chi connectivity index (χ0) is 13.7. The van der Waals surface area contributed by atoms with E-state index in [4.69, 9.17) is 11.6 Å². The van der Waals surface area contributed by atoms with Gasteiger partial charge in [0.1, 0.15) is 0 Å². The summed E-state index contributed by atoms with van der Waals surface area (Å²) in [7, 11) is 0. The van der Waals surface area contributed by atoms with Crippen LogP contribution in [0.4, 0.5) is 5.69 Å². The normalized spacial score (nSPS) is 38.0. The number of hydrogen-bond acceptors (Lipinski definition) is 1. The summed E-state index contributed by atoms with van der Waals surface area (Å²) < 4.78 is 0. The van der Waals surface area contributed by atoms with Gasteiger partial charge in [-0.3, -0.25) is 4.79 Å². The summed E-state index contributed by atoms with van der Waals surface area (Å²) in [5.74, 6) is 2.58. The van der Waals surface area contributed by atoms with Gasteiger partial charge in [-0.1, -0.05) is 23.7 Å². The van der Waals surface area contributed by atoms with Crippen molar-refractivity contribution in [3.05, 3.63) is 29.3 Å². The molecule has 0 aromatic heterocycles. The van der Waals surface area contributed by atoms with Crippen molar-refractivity contribution in [2.75, 3.05) is 5.32 Å². The average Bonchev–Trinajstić information content (AvgIpc) is 2.40. The standard InChI is InChI=1S/C17H20ClNO/c18-14-3-1-2-4-15(14)19-16(20)17-8-11-5-12(9-17)7-13(6-11)10-17/h1-4,11-13H,5-10H2,(H,19,20). The summed E-state index contributed by atoms with van der Waals surface area (Å²) in [4.78, 5) is 12.8. The Morgan fingerprint density at radius 3 is 2.15 bits per heavy atom. The van der Waals surface area contributed by atoms with E-state index in [1.165, 1.54) is 19.3 Å². The van der Waals surface area contributed by atoms with E-state index in [-0.39, 0.29) is 11.3 Å². The van der Waals surface area contributed by atoms with E-state index in [1.54, 1.807) is 0 Å². The first-order chi connectivity index (χ1) is 9.64. The van der Waals surface area contributed by atoms with Crippen LogP contribution in [0.25, 0.3) is 0 Å². The van der Waals surface area contributed by atoms with Gasteiger partial charge in [-0.15, -0.1) is 0 Å². The molecule has 0 atom stereocenters. The van der Waals surface area contributed by atoms with Crippen LogP contribution in [0.1, 0.15) is 38.5 Å². The van der Waals surface area contributed by atoms with Crippen molar-refractivity contribution >= 4 is 23.2 Å². The molecule has 1 aromatic carbocycles. The summed E-state index contributed by atoms with van der Waals surface area (Å²) in [5.41, 5.74) is 0.656. The number of nitrogens with one attached hydrogen (secondary N) is 1. The van der Waals surface area contributed by atoms with Gasteiger partial charge in [0.2, 0.25) is 5.91 Å². The van der Waals surface area contributed by atoms with Crippen LogP contribution in [0.2, 0.25) is 5.02 Å². The topological polar surface area (TPSA) is 29.1 Å². The van der Waals surface area contributed by atoms with E-state index in [2.05, 4.69) is 5.32 Å². The molecule has 4 aliphatic rings. The molecule has 4 bridgehead atoms. The highest BCUT2D eigenvalue weighted by Crippen LogP contribution is 2.60. The molecular weight excluding hydrogens is 270 g/mol. The number of carbonyl (C=O) groups is 1. The summed E-state index contributed by atoms with van der Waals surface area (Å²) in [6.45, 7) is 0. The van der Waals surface area contributed by atoms with Crippen LogP contribution in [-0.2, 0) is 4.79 Å². The van der Waals surface area contributed by atoms with Gasteiger partial charge in [0, 0.05) is 0 Å². The Kier molecular flexibility index (Phi) is 2.85. The second-order valence-corrected chi connectivity index (χ2v) is 7.54. The zero-order valence-corrected chi connectivity index (χ0v) is 12.3. The van der Waals surface area contributed by atoms with E-state index < -0.39 is 0 Å². The van der Waals surface area contributed by atoms with E-state index in [9.17, 15) is 4.79 Å². The molecule has 0 heterocycles. The number of hydrogen-bond donors (Lipinski definition) is 1. The van der Waals surface area contributed by atoms with Crippen LogP contribution < -0.4 is 5.32 Å². The molecular formula is C17H20ClNO. The fourth-order valence-electron chi connectivity index (χ4n) is 5.21. The van der Waals surface area contributed by atoms with Crippen molar-refractivity contribution in [3.63, 3.8) is 0 Å². The number of halogens is 1. The van der Waals surface area contributed by atoms with E-state index >= 15 is 0 Å². The highest BCUT2D eigenvalue weighted by atomic mass is 35.5. The SMILES string of the molecule is O=C(Nc1ccccc1Cl)C12CC3CC(CC(C3)C1)C2. The van der Waals surface area contributed by atoms with Gasteiger partial charge in [0.15, 0.2) is 0 Å². The molecule has 2 nitrogen and oxygen atoms in total. The average molecular weight is 290 g/mol. The highest BCUT2D eigenvalue weighted by molar-refractivity contribution is 6.33. The number of carbonyl (C=O) groups excluding carboxylic acids is 1. The quantitative estimate of drug-likeness (QED) is 0.853. The molecule has 4 aliphatic carbocycles. The molecule has 4 fully saturated rings. The monoisotopic (exact) mass is 289 g/mol. The first kappa shape index (κ1) is 12.7. The fourth-order valence-corrected chi connectivity index (χ4v) is 5.39. The van der Waals surface area contributed by atoms with Gasteiger partial charge >= 0.3 is 0 Å². The smallest absolute Gasteiger partial charge is 0.230 e. The maximum Gasteiger partial charge on any atom is 0.230 e. The molecule has 20 heavy (non-hydrogen) atoms. The molecule has 5 rings (SSSR count). The molecule has 106 valence electrons. The van der Waals surface area contributed by atoms with Gasteiger partial charge in [-0.05, 0) is 68.4 Å². The number of benzene rings is 1. The van der Waals surface area contributed by atoms with Crippen LogP contribution >= 0.6 is 11.6 Å². The van der Waals surface area contributed by atoms with Crippen molar-refractivity contribution in [3.8, 4) is 0 Å². The first-order valence-electron chi connectivity index (χ1n) is 7.71. The van der Waals surface area contributed by atoms with Crippen molar-refractivity contribution < 1.29 is 4.79 Å². The maximum absolute atomic E-state index is 12.8. The molecule has 0 radical (unpaired) electrons. The lowest BCUT2D eigenvalue weighted by Crippen LogP contribution is -2.51. The van der Waals surface area contributed by atoms with Gasteiger partial charge in [0.05, 0.1) is 16.1 Å². The predicted octanol–water partition coefficient (Wildman–Crippen LogP) is 4.49. The highest BCUT2D eigenvalue weighted by Gasteiger charge is 2.54. The Hall–Kier alpha value is -1.02. The third kappa shape index (κ3) is 1.96. The van der Waals surface area contributed by atoms with E-state index in [0.717, 1.165) is 42.7 Å². The Morgan fingerprint density at radius 2 is 1.60 bits per heavy atom. The Balaban J connectivity index is 1.58. The molecule has 1 N–H and O–H groups in total. The number of anilines is 1. The molecule has 0 unspecified atom stereocenters. The molecule has 3 heteroatoms.